The van der Waals surface area contributed by atoms with E-state index in [1.54, 1.807) is 24.0 Å². The van der Waals surface area contributed by atoms with Crippen LogP contribution in [0.25, 0.3) is 5.65 Å². The Morgan fingerprint density at radius 1 is 1.17 bits per heavy atom. The minimum absolute atomic E-state index is 0.0417. The van der Waals surface area contributed by atoms with Gasteiger partial charge in [0, 0.05) is 13.7 Å². The van der Waals surface area contributed by atoms with Crippen LogP contribution in [-0.4, -0.2) is 39.0 Å². The number of carbonyl (C=O) groups is 1. The SMILES string of the molecule is C1CC1.CC(C)(C)OC(=O)NCc1cn2ncc(CN)cc2n1.COC(C)(C)C. The van der Waals surface area contributed by atoms with Crippen LogP contribution >= 0.6 is 0 Å². The number of alkyl carbamates (subject to hydrolysis) is 1. The summed E-state index contributed by atoms with van der Waals surface area (Å²) in [5.41, 5.74) is 7.40. The molecule has 0 aromatic carbocycles. The Kier molecular flexibility index (Phi) is 9.52. The van der Waals surface area contributed by atoms with Crippen LogP contribution in [0.1, 0.15) is 72.1 Å². The van der Waals surface area contributed by atoms with Crippen LogP contribution in [-0.2, 0) is 22.6 Å². The van der Waals surface area contributed by atoms with E-state index in [1.165, 1.54) is 19.3 Å². The average Bonchev–Trinajstić information content (AvgIpc) is 3.44. The Morgan fingerprint density at radius 3 is 2.21 bits per heavy atom. The molecule has 29 heavy (non-hydrogen) atoms. The van der Waals surface area contributed by atoms with E-state index in [-0.39, 0.29) is 12.1 Å². The first-order valence-electron chi connectivity index (χ1n) is 9.99. The number of rotatable bonds is 3. The summed E-state index contributed by atoms with van der Waals surface area (Å²) in [5, 5.41) is 6.84. The van der Waals surface area contributed by atoms with Gasteiger partial charge in [-0.1, -0.05) is 19.3 Å². The van der Waals surface area contributed by atoms with Crippen molar-refractivity contribution in [2.24, 2.45) is 5.73 Å². The summed E-state index contributed by atoms with van der Waals surface area (Å²) in [4.78, 5) is 15.9. The van der Waals surface area contributed by atoms with Crippen LogP contribution in [0.15, 0.2) is 18.5 Å². The van der Waals surface area contributed by atoms with Gasteiger partial charge in [0.2, 0.25) is 0 Å². The molecule has 1 aliphatic carbocycles. The molecule has 0 radical (unpaired) electrons. The molecule has 1 aliphatic rings. The van der Waals surface area contributed by atoms with Gasteiger partial charge in [-0.25, -0.2) is 14.3 Å². The van der Waals surface area contributed by atoms with Gasteiger partial charge in [0.05, 0.1) is 30.2 Å². The van der Waals surface area contributed by atoms with Gasteiger partial charge in [-0.2, -0.15) is 5.10 Å². The molecular formula is C21H37N5O3. The minimum atomic E-state index is -0.513. The second-order valence-corrected chi connectivity index (χ2v) is 8.84. The Hall–Kier alpha value is -2.19. The number of imidazole rings is 1. The second kappa shape index (κ2) is 11.1. The van der Waals surface area contributed by atoms with Gasteiger partial charge in [-0.3, -0.25) is 0 Å². The molecule has 2 aromatic heterocycles. The maximum absolute atomic E-state index is 11.5. The number of aromatic nitrogens is 3. The molecule has 0 saturated heterocycles. The largest absolute Gasteiger partial charge is 0.444 e. The van der Waals surface area contributed by atoms with Crippen molar-refractivity contribution in [1.82, 2.24) is 19.9 Å². The Bertz CT molecular complexity index is 755. The maximum atomic E-state index is 11.5. The molecule has 164 valence electrons. The molecule has 8 heteroatoms. The van der Waals surface area contributed by atoms with E-state index in [2.05, 4.69) is 15.4 Å². The van der Waals surface area contributed by atoms with Gasteiger partial charge in [-0.05, 0) is 53.2 Å². The van der Waals surface area contributed by atoms with Crippen LogP contribution in [0.4, 0.5) is 4.79 Å². The summed E-state index contributed by atoms with van der Waals surface area (Å²) in [7, 11) is 1.71. The predicted octanol–water partition coefficient (Wildman–Crippen LogP) is 3.81. The molecule has 1 amide bonds. The summed E-state index contributed by atoms with van der Waals surface area (Å²) < 4.78 is 11.7. The fourth-order valence-electron chi connectivity index (χ4n) is 1.64. The zero-order valence-electron chi connectivity index (χ0n) is 18.9. The third-order valence-corrected chi connectivity index (χ3v) is 3.44. The number of ether oxygens (including phenoxy) is 2. The minimum Gasteiger partial charge on any atom is -0.444 e. The van der Waals surface area contributed by atoms with Crippen molar-refractivity contribution < 1.29 is 14.3 Å². The van der Waals surface area contributed by atoms with E-state index < -0.39 is 11.7 Å². The number of hydrogen-bond donors (Lipinski definition) is 2. The third kappa shape index (κ3) is 12.1. The zero-order chi connectivity index (χ0) is 22.1. The molecule has 8 nitrogen and oxygen atoms in total. The van der Waals surface area contributed by atoms with Crippen molar-refractivity contribution in [1.29, 1.82) is 0 Å². The van der Waals surface area contributed by atoms with Gasteiger partial charge in [0.1, 0.15) is 5.60 Å². The summed E-state index contributed by atoms with van der Waals surface area (Å²) >= 11 is 0. The molecule has 0 bridgehead atoms. The highest BCUT2D eigenvalue weighted by Crippen LogP contribution is 2.15. The molecule has 2 aromatic rings. The van der Waals surface area contributed by atoms with Crippen LogP contribution in [0.5, 0.6) is 0 Å². The van der Waals surface area contributed by atoms with Crippen molar-refractivity contribution in [3.05, 3.63) is 29.7 Å². The van der Waals surface area contributed by atoms with Gasteiger partial charge >= 0.3 is 6.09 Å². The van der Waals surface area contributed by atoms with Crippen LogP contribution < -0.4 is 11.1 Å². The Balaban J connectivity index is 0.000000387. The van der Waals surface area contributed by atoms with E-state index in [0.29, 0.717) is 17.9 Å². The van der Waals surface area contributed by atoms with Crippen molar-refractivity contribution >= 4 is 11.7 Å². The maximum Gasteiger partial charge on any atom is 0.407 e. The number of hydrogen-bond acceptors (Lipinski definition) is 6. The average molecular weight is 408 g/mol. The van der Waals surface area contributed by atoms with Crippen molar-refractivity contribution in [2.75, 3.05) is 7.11 Å². The summed E-state index contributed by atoms with van der Waals surface area (Å²) in [6, 6.07) is 1.87. The number of amides is 1. The van der Waals surface area contributed by atoms with E-state index in [0.717, 1.165) is 5.56 Å². The van der Waals surface area contributed by atoms with Gasteiger partial charge in [0.15, 0.2) is 5.65 Å². The molecule has 1 saturated carbocycles. The zero-order valence-corrected chi connectivity index (χ0v) is 18.9. The van der Waals surface area contributed by atoms with Crippen LogP contribution in [0, 0.1) is 0 Å². The number of fused-ring (bicyclic) bond motifs is 1. The van der Waals surface area contributed by atoms with E-state index in [1.807, 2.05) is 47.6 Å². The monoisotopic (exact) mass is 407 g/mol. The first kappa shape index (κ1) is 24.8. The number of nitrogens with zero attached hydrogens (tertiary/aromatic N) is 3. The van der Waals surface area contributed by atoms with Gasteiger partial charge in [-0.15, -0.1) is 0 Å². The van der Waals surface area contributed by atoms with Crippen molar-refractivity contribution in [3.63, 3.8) is 0 Å². The molecule has 0 unspecified atom stereocenters. The molecule has 1 fully saturated rings. The molecule has 3 rings (SSSR count). The Morgan fingerprint density at radius 2 is 1.76 bits per heavy atom. The number of methoxy groups -OCH3 is 1. The number of nitrogens with one attached hydrogen (secondary N) is 1. The molecule has 3 N–H and O–H groups in total. The van der Waals surface area contributed by atoms with E-state index in [9.17, 15) is 4.79 Å². The highest BCUT2D eigenvalue weighted by atomic mass is 16.6. The van der Waals surface area contributed by atoms with Crippen LogP contribution in [0.3, 0.4) is 0 Å². The van der Waals surface area contributed by atoms with Crippen LogP contribution in [0.2, 0.25) is 0 Å². The van der Waals surface area contributed by atoms with Crippen molar-refractivity contribution in [2.45, 2.75) is 85.1 Å². The van der Waals surface area contributed by atoms with Gasteiger partial charge in [0.25, 0.3) is 0 Å². The van der Waals surface area contributed by atoms with E-state index >= 15 is 0 Å². The third-order valence-electron chi connectivity index (χ3n) is 3.44. The fraction of sp³-hybridized carbons (Fsp3) is 0.667. The summed E-state index contributed by atoms with van der Waals surface area (Å²) in [5.74, 6) is 0. The lowest BCUT2D eigenvalue weighted by Gasteiger charge is -2.19. The molecular weight excluding hydrogens is 370 g/mol. The molecule has 0 aliphatic heterocycles. The highest BCUT2D eigenvalue weighted by Gasteiger charge is 2.16. The lowest BCUT2D eigenvalue weighted by molar-refractivity contribution is 0.0397. The first-order valence-corrected chi connectivity index (χ1v) is 9.99. The lowest BCUT2D eigenvalue weighted by atomic mass is 10.2. The highest BCUT2D eigenvalue weighted by molar-refractivity contribution is 5.67. The Labute approximate surface area is 174 Å². The van der Waals surface area contributed by atoms with Gasteiger partial charge < -0.3 is 20.5 Å². The normalized spacial score (nSPS) is 13.0. The van der Waals surface area contributed by atoms with E-state index in [4.69, 9.17) is 15.2 Å². The lowest BCUT2D eigenvalue weighted by Crippen LogP contribution is -2.32. The molecule has 0 spiro atoms. The fourth-order valence-corrected chi connectivity index (χ4v) is 1.64. The number of nitrogens with two attached hydrogens (primary N) is 1. The topological polar surface area (TPSA) is 104 Å². The predicted molar refractivity (Wildman–Crippen MR) is 115 cm³/mol. The molecule has 2 heterocycles. The number of carbonyl (C=O) groups excluding carboxylic acids is 1. The summed E-state index contributed by atoms with van der Waals surface area (Å²) in [6.07, 6.45) is 7.48. The quantitative estimate of drug-likeness (QED) is 0.802. The summed E-state index contributed by atoms with van der Waals surface area (Å²) in [6.45, 7) is 12.2. The van der Waals surface area contributed by atoms with Crippen molar-refractivity contribution in [3.8, 4) is 0 Å². The second-order valence-electron chi connectivity index (χ2n) is 8.84. The smallest absolute Gasteiger partial charge is 0.407 e. The molecule has 0 atom stereocenters. The standard InChI is InChI=1S/C13H19N5O2.C5H12O.C3H6/c1-13(2,3)20-12(19)15-7-10-8-18-11(17-10)4-9(5-14)6-16-18;1-5(2,3)6-4;1-2-3-1/h4,6,8H,5,7,14H2,1-3H3,(H,15,19);1-4H3;1-3H2. The first-order chi connectivity index (χ1) is 13.4.